The summed E-state index contributed by atoms with van der Waals surface area (Å²) >= 11 is 0. The van der Waals surface area contributed by atoms with Gasteiger partial charge in [0.1, 0.15) is 9.84 Å². The van der Waals surface area contributed by atoms with E-state index in [-0.39, 0.29) is 23.6 Å². The van der Waals surface area contributed by atoms with Gasteiger partial charge in [-0.25, -0.2) is 8.42 Å². The summed E-state index contributed by atoms with van der Waals surface area (Å²) < 4.78 is 21.7. The van der Waals surface area contributed by atoms with E-state index >= 15 is 0 Å². The van der Waals surface area contributed by atoms with Crippen molar-refractivity contribution in [3.05, 3.63) is 0 Å². The molecule has 2 amide bonds. The van der Waals surface area contributed by atoms with E-state index in [1.54, 1.807) is 0 Å². The van der Waals surface area contributed by atoms with Crippen LogP contribution in [0.4, 0.5) is 0 Å². The van der Waals surface area contributed by atoms with Crippen molar-refractivity contribution in [3.63, 3.8) is 0 Å². The average molecular weight is 248 g/mol. The molecule has 2 N–H and O–H groups in total. The number of sulfone groups is 1. The summed E-state index contributed by atoms with van der Waals surface area (Å²) in [6.07, 6.45) is 2.45. The molecule has 1 fully saturated rings. The van der Waals surface area contributed by atoms with E-state index in [0.717, 1.165) is 0 Å². The van der Waals surface area contributed by atoms with Gasteiger partial charge in [0.15, 0.2) is 0 Å². The molecule has 16 heavy (non-hydrogen) atoms. The zero-order chi connectivity index (χ0) is 12.2. The Balaban J connectivity index is 2.23. The summed E-state index contributed by atoms with van der Waals surface area (Å²) in [7, 11) is -2.94. The van der Waals surface area contributed by atoms with Crippen LogP contribution in [0.2, 0.25) is 0 Å². The predicted octanol–water partition coefficient (Wildman–Crippen LogP) is -1.18. The van der Waals surface area contributed by atoms with Crippen molar-refractivity contribution >= 4 is 21.7 Å². The van der Waals surface area contributed by atoms with Crippen molar-refractivity contribution in [3.8, 4) is 0 Å². The normalized spacial score (nSPS) is 21.9. The molecule has 1 unspecified atom stereocenters. The van der Waals surface area contributed by atoms with Crippen LogP contribution in [0, 0.1) is 0 Å². The van der Waals surface area contributed by atoms with Crippen LogP contribution in [0.1, 0.15) is 19.3 Å². The SMILES string of the molecule is CS(=O)(=O)CCCNC1CCC(=O)NC1=O. The van der Waals surface area contributed by atoms with Crippen LogP contribution in [-0.2, 0) is 19.4 Å². The first kappa shape index (κ1) is 13.1. The molecule has 1 rings (SSSR count). The van der Waals surface area contributed by atoms with Gasteiger partial charge in [-0.15, -0.1) is 0 Å². The maximum Gasteiger partial charge on any atom is 0.243 e. The lowest BCUT2D eigenvalue weighted by molar-refractivity contribution is -0.134. The minimum Gasteiger partial charge on any atom is -0.306 e. The number of hydrogen-bond acceptors (Lipinski definition) is 5. The number of hydrogen-bond donors (Lipinski definition) is 2. The Labute approximate surface area is 94.7 Å². The minimum absolute atomic E-state index is 0.104. The van der Waals surface area contributed by atoms with Gasteiger partial charge in [-0.1, -0.05) is 0 Å². The maximum atomic E-state index is 11.3. The lowest BCUT2D eigenvalue weighted by atomic mass is 10.1. The summed E-state index contributed by atoms with van der Waals surface area (Å²) in [5.41, 5.74) is 0. The molecule has 0 aromatic carbocycles. The Morgan fingerprint density at radius 1 is 1.44 bits per heavy atom. The highest BCUT2D eigenvalue weighted by atomic mass is 32.2. The Morgan fingerprint density at radius 3 is 2.69 bits per heavy atom. The lowest BCUT2D eigenvalue weighted by Gasteiger charge is -2.21. The molecule has 0 aromatic heterocycles. The van der Waals surface area contributed by atoms with Gasteiger partial charge in [-0.3, -0.25) is 14.9 Å². The summed E-state index contributed by atoms with van der Waals surface area (Å²) in [4.78, 5) is 22.1. The quantitative estimate of drug-likeness (QED) is 0.472. The summed E-state index contributed by atoms with van der Waals surface area (Å²) in [6.45, 7) is 0.458. The smallest absolute Gasteiger partial charge is 0.243 e. The highest BCUT2D eigenvalue weighted by molar-refractivity contribution is 7.90. The van der Waals surface area contributed by atoms with Crippen LogP contribution in [0.15, 0.2) is 0 Å². The maximum absolute atomic E-state index is 11.3. The van der Waals surface area contributed by atoms with Gasteiger partial charge >= 0.3 is 0 Å². The Morgan fingerprint density at radius 2 is 2.12 bits per heavy atom. The Bertz CT molecular complexity index is 377. The summed E-state index contributed by atoms with van der Waals surface area (Å²) in [6, 6.07) is -0.378. The number of amides is 2. The molecule has 0 bridgehead atoms. The zero-order valence-electron chi connectivity index (χ0n) is 9.15. The highest BCUT2D eigenvalue weighted by Crippen LogP contribution is 2.04. The van der Waals surface area contributed by atoms with E-state index in [9.17, 15) is 18.0 Å². The average Bonchev–Trinajstić information content (AvgIpc) is 2.13. The molecule has 6 nitrogen and oxygen atoms in total. The number of carbonyl (C=O) groups is 2. The van der Waals surface area contributed by atoms with Crippen molar-refractivity contribution in [2.75, 3.05) is 18.6 Å². The molecule has 1 saturated heterocycles. The van der Waals surface area contributed by atoms with Gasteiger partial charge in [0, 0.05) is 12.7 Å². The van der Waals surface area contributed by atoms with Gasteiger partial charge in [0.05, 0.1) is 11.8 Å². The molecule has 0 saturated carbocycles. The Kier molecular flexibility index (Phi) is 4.43. The monoisotopic (exact) mass is 248 g/mol. The van der Waals surface area contributed by atoms with E-state index in [0.29, 0.717) is 25.8 Å². The lowest BCUT2D eigenvalue weighted by Crippen LogP contribution is -2.50. The van der Waals surface area contributed by atoms with Crippen molar-refractivity contribution in [2.24, 2.45) is 0 Å². The van der Waals surface area contributed by atoms with Gasteiger partial charge in [-0.05, 0) is 19.4 Å². The first-order chi connectivity index (χ1) is 7.38. The van der Waals surface area contributed by atoms with Gasteiger partial charge in [0.25, 0.3) is 0 Å². The molecule has 0 aliphatic carbocycles. The third kappa shape index (κ3) is 4.71. The van der Waals surface area contributed by atoms with E-state index < -0.39 is 9.84 Å². The number of imide groups is 1. The molecule has 1 atom stereocenters. The van der Waals surface area contributed by atoms with E-state index in [2.05, 4.69) is 10.6 Å². The second-order valence-electron chi connectivity index (χ2n) is 3.94. The third-order valence-corrected chi connectivity index (χ3v) is 3.35. The van der Waals surface area contributed by atoms with Gasteiger partial charge < -0.3 is 5.32 Å². The molecule has 7 heteroatoms. The van der Waals surface area contributed by atoms with Crippen LogP contribution < -0.4 is 10.6 Å². The number of rotatable bonds is 5. The fourth-order valence-electron chi connectivity index (χ4n) is 1.50. The van der Waals surface area contributed by atoms with Crippen LogP contribution >= 0.6 is 0 Å². The van der Waals surface area contributed by atoms with Crippen molar-refractivity contribution in [1.82, 2.24) is 10.6 Å². The number of nitrogens with one attached hydrogen (secondary N) is 2. The molecule has 92 valence electrons. The third-order valence-electron chi connectivity index (χ3n) is 2.32. The van der Waals surface area contributed by atoms with Crippen LogP contribution in [0.5, 0.6) is 0 Å². The first-order valence-corrected chi connectivity index (χ1v) is 7.19. The van der Waals surface area contributed by atoms with Crippen molar-refractivity contribution in [1.29, 1.82) is 0 Å². The molecule has 1 aliphatic rings. The van der Waals surface area contributed by atoms with E-state index in [1.807, 2.05) is 0 Å². The predicted molar refractivity (Wildman–Crippen MR) is 58.5 cm³/mol. The van der Waals surface area contributed by atoms with Gasteiger partial charge in [0.2, 0.25) is 11.8 Å². The molecule has 1 aliphatic heterocycles. The molecule has 0 aromatic rings. The number of piperidine rings is 1. The van der Waals surface area contributed by atoms with Crippen LogP contribution in [-0.4, -0.2) is 44.8 Å². The van der Waals surface area contributed by atoms with Gasteiger partial charge in [-0.2, -0.15) is 0 Å². The molecule has 0 spiro atoms. The van der Waals surface area contributed by atoms with Crippen molar-refractivity contribution in [2.45, 2.75) is 25.3 Å². The van der Waals surface area contributed by atoms with Crippen molar-refractivity contribution < 1.29 is 18.0 Å². The Hall–Kier alpha value is -0.950. The highest BCUT2D eigenvalue weighted by Gasteiger charge is 2.25. The standard InChI is InChI=1S/C9H16N2O4S/c1-16(14,15)6-2-5-10-7-3-4-8(12)11-9(7)13/h7,10H,2-6H2,1H3,(H,11,12,13). The minimum atomic E-state index is -2.94. The topological polar surface area (TPSA) is 92.3 Å². The zero-order valence-corrected chi connectivity index (χ0v) is 9.97. The fourth-order valence-corrected chi connectivity index (χ4v) is 2.17. The fraction of sp³-hybridized carbons (Fsp3) is 0.778. The van der Waals surface area contributed by atoms with E-state index in [1.165, 1.54) is 6.26 Å². The molecule has 0 radical (unpaired) electrons. The first-order valence-electron chi connectivity index (χ1n) is 5.13. The van der Waals surface area contributed by atoms with Crippen LogP contribution in [0.25, 0.3) is 0 Å². The summed E-state index contributed by atoms with van der Waals surface area (Å²) in [5, 5.41) is 5.16. The second kappa shape index (κ2) is 5.40. The van der Waals surface area contributed by atoms with Crippen LogP contribution in [0.3, 0.4) is 0 Å². The number of carbonyl (C=O) groups excluding carboxylic acids is 2. The molecular formula is C9H16N2O4S. The van der Waals surface area contributed by atoms with E-state index in [4.69, 9.17) is 0 Å². The second-order valence-corrected chi connectivity index (χ2v) is 6.20. The molecule has 1 heterocycles. The summed E-state index contributed by atoms with van der Waals surface area (Å²) in [5.74, 6) is -0.470. The largest absolute Gasteiger partial charge is 0.306 e. The molecular weight excluding hydrogens is 232 g/mol.